The van der Waals surface area contributed by atoms with Crippen molar-refractivity contribution >= 4 is 29.0 Å². The number of nitrogens with one attached hydrogen (secondary N) is 2. The second-order valence-electron chi connectivity index (χ2n) is 6.22. The van der Waals surface area contributed by atoms with Crippen LogP contribution in [-0.4, -0.2) is 40.9 Å². The molecule has 0 saturated carbocycles. The molecule has 136 valence electrons. The lowest BCUT2D eigenvalue weighted by atomic mass is 10.2. The zero-order valence-corrected chi connectivity index (χ0v) is 14.6. The van der Waals surface area contributed by atoms with Gasteiger partial charge < -0.3 is 21.3 Å². The van der Waals surface area contributed by atoms with Crippen LogP contribution in [0.1, 0.15) is 30.3 Å². The zero-order chi connectivity index (χ0) is 18.5. The second-order valence-corrected chi connectivity index (χ2v) is 6.22. The molecule has 8 heteroatoms. The number of rotatable bonds is 5. The molecule has 3 rings (SSSR count). The van der Waals surface area contributed by atoms with E-state index in [2.05, 4.69) is 25.5 Å². The number of aromatic nitrogens is 2. The van der Waals surface area contributed by atoms with Crippen LogP contribution in [0.25, 0.3) is 0 Å². The predicted molar refractivity (Wildman–Crippen MR) is 99.9 cm³/mol. The van der Waals surface area contributed by atoms with Gasteiger partial charge in [0.2, 0.25) is 5.91 Å². The summed E-state index contributed by atoms with van der Waals surface area (Å²) in [5.41, 5.74) is 7.42. The van der Waals surface area contributed by atoms with Crippen molar-refractivity contribution in [2.24, 2.45) is 0 Å². The summed E-state index contributed by atoms with van der Waals surface area (Å²) in [6, 6.07) is 6.96. The van der Waals surface area contributed by atoms with E-state index in [1.165, 1.54) is 25.2 Å². The SMILES string of the molecule is CC(NC(=O)c1nccnc1N)C(=O)Nc1cccc(N2CCCC2)c1. The number of nitrogens with two attached hydrogens (primary N) is 1. The first-order valence-corrected chi connectivity index (χ1v) is 8.58. The standard InChI is InChI=1S/C18H22N6O2/c1-12(22-18(26)15-16(19)21-8-7-20-15)17(25)23-13-5-4-6-14(11-13)24-9-2-3-10-24/h4-8,11-12H,2-3,9-10H2,1H3,(H2,19,21)(H,22,26)(H,23,25). The van der Waals surface area contributed by atoms with E-state index >= 15 is 0 Å². The molecule has 1 saturated heterocycles. The Morgan fingerprint density at radius 3 is 2.65 bits per heavy atom. The first-order chi connectivity index (χ1) is 12.5. The fraction of sp³-hybridized carbons (Fsp3) is 0.333. The van der Waals surface area contributed by atoms with E-state index in [4.69, 9.17) is 5.73 Å². The van der Waals surface area contributed by atoms with Crippen molar-refractivity contribution in [2.45, 2.75) is 25.8 Å². The predicted octanol–water partition coefficient (Wildman–Crippen LogP) is 1.42. The smallest absolute Gasteiger partial charge is 0.274 e. The summed E-state index contributed by atoms with van der Waals surface area (Å²) in [7, 11) is 0. The lowest BCUT2D eigenvalue weighted by Crippen LogP contribution is -2.42. The van der Waals surface area contributed by atoms with Gasteiger partial charge in [-0.2, -0.15) is 0 Å². The normalized spacial score (nSPS) is 14.7. The number of carbonyl (C=O) groups excluding carboxylic acids is 2. The number of anilines is 3. The first-order valence-electron chi connectivity index (χ1n) is 8.58. The maximum Gasteiger partial charge on any atom is 0.274 e. The highest BCUT2D eigenvalue weighted by atomic mass is 16.2. The van der Waals surface area contributed by atoms with Crippen molar-refractivity contribution in [2.75, 3.05) is 29.0 Å². The quantitative estimate of drug-likeness (QED) is 0.748. The Hall–Kier alpha value is -3.16. The van der Waals surface area contributed by atoms with E-state index in [1.54, 1.807) is 6.92 Å². The van der Waals surface area contributed by atoms with Crippen molar-refractivity contribution in [3.05, 3.63) is 42.4 Å². The summed E-state index contributed by atoms with van der Waals surface area (Å²) in [5.74, 6) is -0.834. The molecule has 1 aliphatic heterocycles. The number of carbonyl (C=O) groups is 2. The highest BCUT2D eigenvalue weighted by Crippen LogP contribution is 2.23. The van der Waals surface area contributed by atoms with Crippen molar-refractivity contribution in [1.29, 1.82) is 0 Å². The van der Waals surface area contributed by atoms with Crippen molar-refractivity contribution in [3.63, 3.8) is 0 Å². The Morgan fingerprint density at radius 2 is 1.92 bits per heavy atom. The molecule has 1 aromatic heterocycles. The molecule has 1 fully saturated rings. The minimum Gasteiger partial charge on any atom is -0.382 e. The summed E-state index contributed by atoms with van der Waals surface area (Å²) in [4.78, 5) is 34.6. The molecular weight excluding hydrogens is 332 g/mol. The molecule has 0 aliphatic carbocycles. The van der Waals surface area contributed by atoms with Crippen LogP contribution < -0.4 is 21.3 Å². The summed E-state index contributed by atoms with van der Waals surface area (Å²) in [6.07, 6.45) is 5.14. The fourth-order valence-corrected chi connectivity index (χ4v) is 2.86. The van der Waals surface area contributed by atoms with Crippen LogP contribution in [0, 0.1) is 0 Å². The molecule has 4 N–H and O–H groups in total. The highest BCUT2D eigenvalue weighted by molar-refractivity contribution is 6.01. The Labute approximate surface area is 151 Å². The van der Waals surface area contributed by atoms with Gasteiger partial charge in [-0.05, 0) is 38.0 Å². The molecule has 1 aliphatic rings. The molecule has 2 aromatic rings. The molecule has 2 amide bonds. The van der Waals surface area contributed by atoms with E-state index < -0.39 is 11.9 Å². The third kappa shape index (κ3) is 4.08. The van der Waals surface area contributed by atoms with Crippen LogP contribution >= 0.6 is 0 Å². The van der Waals surface area contributed by atoms with Gasteiger partial charge in [0.25, 0.3) is 5.91 Å². The zero-order valence-electron chi connectivity index (χ0n) is 14.6. The van der Waals surface area contributed by atoms with E-state index in [9.17, 15) is 9.59 Å². The summed E-state index contributed by atoms with van der Waals surface area (Å²) in [6.45, 7) is 3.66. The molecule has 1 atom stereocenters. The maximum absolute atomic E-state index is 12.4. The molecule has 1 aromatic carbocycles. The van der Waals surface area contributed by atoms with E-state index in [1.807, 2.05) is 24.3 Å². The van der Waals surface area contributed by atoms with Crippen LogP contribution in [0.15, 0.2) is 36.7 Å². The monoisotopic (exact) mass is 354 g/mol. The van der Waals surface area contributed by atoms with E-state index in [-0.39, 0.29) is 17.4 Å². The van der Waals surface area contributed by atoms with Crippen LogP contribution in [0.4, 0.5) is 17.2 Å². The third-order valence-electron chi connectivity index (χ3n) is 4.27. The van der Waals surface area contributed by atoms with Gasteiger partial charge in [-0.25, -0.2) is 9.97 Å². The number of nitrogens with zero attached hydrogens (tertiary/aromatic N) is 3. The average Bonchev–Trinajstić information content (AvgIpc) is 3.17. The number of benzene rings is 1. The summed E-state index contributed by atoms with van der Waals surface area (Å²) < 4.78 is 0. The van der Waals surface area contributed by atoms with Gasteiger partial charge in [-0.1, -0.05) is 6.07 Å². The Kier molecular flexibility index (Phi) is 5.31. The molecule has 0 radical (unpaired) electrons. The van der Waals surface area contributed by atoms with Gasteiger partial charge in [-0.3, -0.25) is 9.59 Å². The third-order valence-corrected chi connectivity index (χ3v) is 4.27. The average molecular weight is 354 g/mol. The topological polar surface area (TPSA) is 113 Å². The summed E-state index contributed by atoms with van der Waals surface area (Å²) >= 11 is 0. The van der Waals surface area contributed by atoms with E-state index in [0.717, 1.165) is 18.8 Å². The Morgan fingerprint density at radius 1 is 1.19 bits per heavy atom. The minimum atomic E-state index is -0.751. The highest BCUT2D eigenvalue weighted by Gasteiger charge is 2.20. The summed E-state index contributed by atoms with van der Waals surface area (Å²) in [5, 5.41) is 5.41. The second kappa shape index (κ2) is 7.81. The number of amides is 2. The maximum atomic E-state index is 12.4. The number of hydrogen-bond acceptors (Lipinski definition) is 6. The first kappa shape index (κ1) is 17.7. The van der Waals surface area contributed by atoms with Gasteiger partial charge in [0.1, 0.15) is 6.04 Å². The van der Waals surface area contributed by atoms with Gasteiger partial charge in [-0.15, -0.1) is 0 Å². The molecule has 1 unspecified atom stereocenters. The number of nitrogen functional groups attached to an aromatic ring is 1. The van der Waals surface area contributed by atoms with Crippen molar-refractivity contribution in [3.8, 4) is 0 Å². The lowest BCUT2D eigenvalue weighted by molar-refractivity contribution is -0.117. The van der Waals surface area contributed by atoms with Gasteiger partial charge >= 0.3 is 0 Å². The molecular formula is C18H22N6O2. The van der Waals surface area contributed by atoms with Crippen LogP contribution in [0.2, 0.25) is 0 Å². The molecule has 0 spiro atoms. The Bertz CT molecular complexity index is 804. The van der Waals surface area contributed by atoms with Gasteiger partial charge in [0, 0.05) is 36.9 Å². The molecule has 2 heterocycles. The van der Waals surface area contributed by atoms with Crippen LogP contribution in [0.3, 0.4) is 0 Å². The van der Waals surface area contributed by atoms with Crippen LogP contribution in [-0.2, 0) is 4.79 Å². The minimum absolute atomic E-state index is 0.00295. The molecule has 8 nitrogen and oxygen atoms in total. The van der Waals surface area contributed by atoms with Crippen LogP contribution in [0.5, 0.6) is 0 Å². The lowest BCUT2D eigenvalue weighted by Gasteiger charge is -2.19. The Balaban J connectivity index is 1.61. The van der Waals surface area contributed by atoms with Gasteiger partial charge in [0.15, 0.2) is 11.5 Å². The largest absolute Gasteiger partial charge is 0.382 e. The molecule has 26 heavy (non-hydrogen) atoms. The van der Waals surface area contributed by atoms with E-state index in [0.29, 0.717) is 5.69 Å². The van der Waals surface area contributed by atoms with Crippen molar-refractivity contribution in [1.82, 2.24) is 15.3 Å². The fourth-order valence-electron chi connectivity index (χ4n) is 2.86. The van der Waals surface area contributed by atoms with Crippen molar-refractivity contribution < 1.29 is 9.59 Å². The number of hydrogen-bond donors (Lipinski definition) is 3. The van der Waals surface area contributed by atoms with Gasteiger partial charge in [0.05, 0.1) is 0 Å². The molecule has 0 bridgehead atoms.